The second kappa shape index (κ2) is 3.77. The summed E-state index contributed by atoms with van der Waals surface area (Å²) in [6.45, 7) is 0.433. The van der Waals surface area contributed by atoms with E-state index in [1.807, 2.05) is 24.3 Å². The number of rotatable bonds is 2. The largest absolute Gasteiger partial charge is 0.353 e. The summed E-state index contributed by atoms with van der Waals surface area (Å²) in [6, 6.07) is 7.29. The van der Waals surface area contributed by atoms with Crippen LogP contribution >= 0.6 is 7.60 Å². The topological polar surface area (TPSA) is 73.1 Å². The van der Waals surface area contributed by atoms with Crippen LogP contribution in [0.25, 0.3) is 0 Å². The molecule has 0 aromatic heterocycles. The van der Waals surface area contributed by atoms with Crippen LogP contribution in [0.1, 0.15) is 0 Å². The third kappa shape index (κ3) is 2.45. The minimum Gasteiger partial charge on any atom is -0.353 e. The highest BCUT2D eigenvalue weighted by Gasteiger charge is 2.22. The molecule has 15 heavy (non-hydrogen) atoms. The van der Waals surface area contributed by atoms with Crippen LogP contribution in [0.5, 0.6) is 0 Å². The maximum absolute atomic E-state index is 10.9. The maximum atomic E-state index is 10.9. The fourth-order valence-corrected chi connectivity index (χ4v) is 2.25. The molecule has 1 aromatic rings. The highest BCUT2D eigenvalue weighted by atomic mass is 31.2. The van der Waals surface area contributed by atoms with E-state index in [2.05, 4.69) is 4.99 Å². The van der Waals surface area contributed by atoms with Crippen molar-refractivity contribution in [2.45, 2.75) is 0 Å². The molecule has 6 heteroatoms. The van der Waals surface area contributed by atoms with Crippen LogP contribution in [-0.4, -0.2) is 28.8 Å². The van der Waals surface area contributed by atoms with Gasteiger partial charge in [-0.05, 0) is 12.1 Å². The SMILES string of the molecule is O=P(O)(O)CN1CC=Nc2ccccc21. The lowest BCUT2D eigenvalue weighted by Crippen LogP contribution is -2.28. The van der Waals surface area contributed by atoms with Gasteiger partial charge in [0, 0.05) is 6.21 Å². The number of hydrogen-bond donors (Lipinski definition) is 2. The van der Waals surface area contributed by atoms with Gasteiger partial charge >= 0.3 is 7.60 Å². The standard InChI is InChI=1S/C9H11N2O3P/c12-15(13,14)7-11-6-5-10-8-3-1-2-4-9(8)11/h1-5H,6-7H2,(H2,12,13,14). The maximum Gasteiger partial charge on any atom is 0.344 e. The Morgan fingerprint density at radius 3 is 2.87 bits per heavy atom. The van der Waals surface area contributed by atoms with Gasteiger partial charge in [0.1, 0.15) is 6.29 Å². The molecule has 80 valence electrons. The monoisotopic (exact) mass is 226 g/mol. The lowest BCUT2D eigenvalue weighted by molar-refractivity contribution is 0.372. The van der Waals surface area contributed by atoms with E-state index in [4.69, 9.17) is 9.79 Å². The lowest BCUT2D eigenvalue weighted by atomic mass is 10.2. The van der Waals surface area contributed by atoms with Gasteiger partial charge in [-0.2, -0.15) is 0 Å². The molecule has 1 aromatic carbocycles. The molecule has 2 N–H and O–H groups in total. The molecule has 0 saturated heterocycles. The summed E-state index contributed by atoms with van der Waals surface area (Å²) >= 11 is 0. The first-order valence-electron chi connectivity index (χ1n) is 4.47. The Morgan fingerprint density at radius 2 is 2.13 bits per heavy atom. The van der Waals surface area contributed by atoms with E-state index >= 15 is 0 Å². The third-order valence-electron chi connectivity index (χ3n) is 2.11. The third-order valence-corrected chi connectivity index (χ3v) is 2.82. The molecule has 0 spiro atoms. The van der Waals surface area contributed by atoms with Gasteiger partial charge in [0.25, 0.3) is 0 Å². The molecule has 1 heterocycles. The molecule has 0 bridgehead atoms. The molecule has 0 unspecified atom stereocenters. The van der Waals surface area contributed by atoms with Gasteiger partial charge in [-0.1, -0.05) is 12.1 Å². The van der Waals surface area contributed by atoms with Gasteiger partial charge in [0.15, 0.2) is 0 Å². The predicted octanol–water partition coefficient (Wildman–Crippen LogP) is 1.34. The Hall–Kier alpha value is -1.16. The van der Waals surface area contributed by atoms with Gasteiger partial charge < -0.3 is 14.7 Å². The summed E-state index contributed by atoms with van der Waals surface area (Å²) < 4.78 is 10.9. The summed E-state index contributed by atoms with van der Waals surface area (Å²) in [5.41, 5.74) is 1.51. The number of benzene rings is 1. The zero-order chi connectivity index (χ0) is 10.9. The van der Waals surface area contributed by atoms with Crippen molar-refractivity contribution in [3.63, 3.8) is 0 Å². The average Bonchev–Trinajstić information content (AvgIpc) is 2.16. The van der Waals surface area contributed by atoms with E-state index < -0.39 is 7.60 Å². The van der Waals surface area contributed by atoms with Crippen molar-refractivity contribution in [1.82, 2.24) is 0 Å². The van der Waals surface area contributed by atoms with E-state index in [1.165, 1.54) is 0 Å². The molecular weight excluding hydrogens is 215 g/mol. The first-order chi connectivity index (χ1) is 7.06. The molecule has 0 aliphatic carbocycles. The fraction of sp³-hybridized carbons (Fsp3) is 0.222. The van der Waals surface area contributed by atoms with Gasteiger partial charge in [-0.3, -0.25) is 9.56 Å². The summed E-state index contributed by atoms with van der Waals surface area (Å²) in [5.74, 6) is 0. The molecule has 0 saturated carbocycles. The van der Waals surface area contributed by atoms with Crippen LogP contribution in [0.4, 0.5) is 11.4 Å². The minimum absolute atomic E-state index is 0.268. The zero-order valence-corrected chi connectivity index (χ0v) is 8.84. The Bertz CT molecular complexity index is 441. The number of nitrogens with zero attached hydrogens (tertiary/aromatic N) is 2. The number of hydrogen-bond acceptors (Lipinski definition) is 3. The van der Waals surface area contributed by atoms with Crippen LogP contribution < -0.4 is 4.90 Å². The normalized spacial score (nSPS) is 15.2. The fourth-order valence-electron chi connectivity index (χ4n) is 1.53. The van der Waals surface area contributed by atoms with Gasteiger partial charge in [-0.25, -0.2) is 0 Å². The van der Waals surface area contributed by atoms with E-state index in [9.17, 15) is 4.57 Å². The summed E-state index contributed by atoms with van der Waals surface area (Å²) in [6.07, 6.45) is 1.38. The lowest BCUT2D eigenvalue weighted by Gasteiger charge is -2.27. The molecule has 1 aliphatic rings. The van der Waals surface area contributed by atoms with Crippen LogP contribution in [0.15, 0.2) is 29.3 Å². The number of anilines is 1. The molecule has 0 radical (unpaired) electrons. The Balaban J connectivity index is 2.30. The first-order valence-corrected chi connectivity index (χ1v) is 6.27. The van der Waals surface area contributed by atoms with Gasteiger partial charge in [0.2, 0.25) is 0 Å². The van der Waals surface area contributed by atoms with Crippen LogP contribution in [0.3, 0.4) is 0 Å². The van der Waals surface area contributed by atoms with Crippen LogP contribution in [0, 0.1) is 0 Å². The predicted molar refractivity (Wildman–Crippen MR) is 58.9 cm³/mol. The van der Waals surface area contributed by atoms with E-state index in [1.54, 1.807) is 11.1 Å². The van der Waals surface area contributed by atoms with Crippen molar-refractivity contribution < 1.29 is 14.4 Å². The van der Waals surface area contributed by atoms with Crippen LogP contribution in [-0.2, 0) is 4.57 Å². The van der Waals surface area contributed by atoms with Crippen molar-refractivity contribution in [1.29, 1.82) is 0 Å². The highest BCUT2D eigenvalue weighted by molar-refractivity contribution is 7.51. The molecule has 5 nitrogen and oxygen atoms in total. The second-order valence-corrected chi connectivity index (χ2v) is 4.94. The van der Waals surface area contributed by atoms with Crippen molar-refractivity contribution >= 4 is 25.2 Å². The molecular formula is C9H11N2O3P. The Kier molecular flexibility index (Phi) is 2.61. The number of para-hydroxylation sites is 2. The van der Waals surface area contributed by atoms with Crippen molar-refractivity contribution in [3.05, 3.63) is 24.3 Å². The van der Waals surface area contributed by atoms with E-state index in [0.717, 1.165) is 11.4 Å². The quantitative estimate of drug-likeness (QED) is 0.746. The second-order valence-electron chi connectivity index (χ2n) is 3.33. The smallest absolute Gasteiger partial charge is 0.344 e. The molecule has 0 atom stereocenters. The Morgan fingerprint density at radius 1 is 1.40 bits per heavy atom. The van der Waals surface area contributed by atoms with Gasteiger partial charge in [-0.15, -0.1) is 0 Å². The van der Waals surface area contributed by atoms with E-state index in [0.29, 0.717) is 6.54 Å². The number of fused-ring (bicyclic) bond motifs is 1. The number of aliphatic imine (C=N–C) groups is 1. The summed E-state index contributed by atoms with van der Waals surface area (Å²) in [7, 11) is -4.03. The van der Waals surface area contributed by atoms with Crippen molar-refractivity contribution in [3.8, 4) is 0 Å². The first kappa shape index (κ1) is 10.4. The summed E-state index contributed by atoms with van der Waals surface area (Å²) in [4.78, 5) is 23.6. The highest BCUT2D eigenvalue weighted by Crippen LogP contribution is 2.39. The molecule has 1 aliphatic heterocycles. The van der Waals surface area contributed by atoms with Crippen molar-refractivity contribution in [2.75, 3.05) is 17.7 Å². The Labute approximate surface area is 87.2 Å². The van der Waals surface area contributed by atoms with Gasteiger partial charge in [0.05, 0.1) is 17.9 Å². The average molecular weight is 226 g/mol. The van der Waals surface area contributed by atoms with E-state index in [-0.39, 0.29) is 6.29 Å². The minimum atomic E-state index is -4.03. The zero-order valence-electron chi connectivity index (χ0n) is 7.95. The van der Waals surface area contributed by atoms with Crippen LogP contribution in [0.2, 0.25) is 0 Å². The molecule has 2 rings (SSSR count). The van der Waals surface area contributed by atoms with Crippen molar-refractivity contribution in [2.24, 2.45) is 4.99 Å². The molecule has 0 amide bonds. The molecule has 0 fully saturated rings. The summed E-state index contributed by atoms with van der Waals surface area (Å²) in [5, 5.41) is 0.